The SMILES string of the molecule is CCOC(=O)CSc1cccc(NC(=O)c2cccc(OC)c2)c1. The fourth-order valence-electron chi connectivity index (χ4n) is 1.98. The van der Waals surface area contributed by atoms with Crippen LogP contribution in [-0.4, -0.2) is 31.3 Å². The van der Waals surface area contributed by atoms with E-state index >= 15 is 0 Å². The third kappa shape index (κ3) is 5.31. The van der Waals surface area contributed by atoms with Crippen LogP contribution in [0.1, 0.15) is 17.3 Å². The first kappa shape index (κ1) is 17.9. The lowest BCUT2D eigenvalue weighted by Gasteiger charge is -2.08. The largest absolute Gasteiger partial charge is 0.497 e. The van der Waals surface area contributed by atoms with Crippen LogP contribution in [0.5, 0.6) is 5.75 Å². The summed E-state index contributed by atoms with van der Waals surface area (Å²) in [5.74, 6) is 0.386. The van der Waals surface area contributed by atoms with E-state index in [1.807, 2.05) is 18.2 Å². The van der Waals surface area contributed by atoms with Crippen LogP contribution in [0.4, 0.5) is 5.69 Å². The third-order valence-corrected chi connectivity index (χ3v) is 4.05. The van der Waals surface area contributed by atoms with Gasteiger partial charge in [0.1, 0.15) is 5.75 Å². The van der Waals surface area contributed by atoms with Crippen LogP contribution in [0, 0.1) is 0 Å². The highest BCUT2D eigenvalue weighted by molar-refractivity contribution is 8.00. The Morgan fingerprint density at radius 2 is 1.92 bits per heavy atom. The van der Waals surface area contributed by atoms with Crippen molar-refractivity contribution in [3.8, 4) is 5.75 Å². The number of esters is 1. The molecule has 0 aliphatic heterocycles. The molecular formula is C18H19NO4S. The van der Waals surface area contributed by atoms with Crippen molar-refractivity contribution in [3.63, 3.8) is 0 Å². The fraction of sp³-hybridized carbons (Fsp3) is 0.222. The molecule has 126 valence electrons. The number of carbonyl (C=O) groups excluding carboxylic acids is 2. The Kier molecular flexibility index (Phi) is 6.69. The number of methoxy groups -OCH3 is 1. The average molecular weight is 345 g/mol. The Bertz CT molecular complexity index is 718. The Morgan fingerprint density at radius 3 is 2.67 bits per heavy atom. The number of hydrogen-bond acceptors (Lipinski definition) is 5. The number of nitrogens with one attached hydrogen (secondary N) is 1. The molecule has 0 saturated carbocycles. The maximum absolute atomic E-state index is 12.3. The zero-order chi connectivity index (χ0) is 17.4. The molecule has 0 atom stereocenters. The predicted octanol–water partition coefficient (Wildman–Crippen LogP) is 3.60. The molecule has 6 heteroatoms. The molecule has 5 nitrogen and oxygen atoms in total. The second kappa shape index (κ2) is 8.98. The molecule has 0 unspecified atom stereocenters. The minimum atomic E-state index is -0.256. The van der Waals surface area contributed by atoms with Crippen LogP contribution in [0.25, 0.3) is 0 Å². The summed E-state index contributed by atoms with van der Waals surface area (Å²) < 4.78 is 10.0. The molecule has 1 amide bonds. The van der Waals surface area contributed by atoms with Crippen LogP contribution in [0.15, 0.2) is 53.4 Å². The number of thioether (sulfide) groups is 1. The maximum atomic E-state index is 12.3. The molecule has 0 bridgehead atoms. The normalized spacial score (nSPS) is 10.1. The van der Waals surface area contributed by atoms with E-state index in [4.69, 9.17) is 9.47 Å². The standard InChI is InChI=1S/C18H19NO4S/c1-3-23-17(20)12-24-16-9-5-7-14(11-16)19-18(21)13-6-4-8-15(10-13)22-2/h4-11H,3,12H2,1-2H3,(H,19,21). The summed E-state index contributed by atoms with van der Waals surface area (Å²) in [4.78, 5) is 24.6. The summed E-state index contributed by atoms with van der Waals surface area (Å²) in [6.07, 6.45) is 0. The summed E-state index contributed by atoms with van der Waals surface area (Å²) >= 11 is 1.37. The molecule has 0 spiro atoms. The molecule has 0 fully saturated rings. The van der Waals surface area contributed by atoms with E-state index < -0.39 is 0 Å². The predicted molar refractivity (Wildman–Crippen MR) is 94.7 cm³/mol. The molecule has 0 aromatic heterocycles. The molecule has 2 aromatic carbocycles. The van der Waals surface area contributed by atoms with Gasteiger partial charge in [0.05, 0.1) is 19.5 Å². The topological polar surface area (TPSA) is 64.6 Å². The van der Waals surface area contributed by atoms with Gasteiger partial charge in [-0.25, -0.2) is 0 Å². The zero-order valence-corrected chi connectivity index (χ0v) is 14.4. The highest BCUT2D eigenvalue weighted by Crippen LogP contribution is 2.22. The molecule has 0 saturated heterocycles. The van der Waals surface area contributed by atoms with Crippen molar-refractivity contribution < 1.29 is 19.1 Å². The van der Waals surface area contributed by atoms with Gasteiger partial charge in [0.2, 0.25) is 0 Å². The van der Waals surface area contributed by atoms with Gasteiger partial charge in [-0.2, -0.15) is 0 Å². The fourth-order valence-corrected chi connectivity index (χ4v) is 2.73. The second-order valence-electron chi connectivity index (χ2n) is 4.81. The number of rotatable bonds is 7. The minimum Gasteiger partial charge on any atom is -0.497 e. The van der Waals surface area contributed by atoms with Gasteiger partial charge in [-0.3, -0.25) is 9.59 Å². The number of benzene rings is 2. The zero-order valence-electron chi connectivity index (χ0n) is 13.6. The van der Waals surface area contributed by atoms with Gasteiger partial charge in [0.25, 0.3) is 5.91 Å². The maximum Gasteiger partial charge on any atom is 0.316 e. The van der Waals surface area contributed by atoms with Gasteiger partial charge in [0.15, 0.2) is 0 Å². The molecule has 2 aromatic rings. The average Bonchev–Trinajstić information content (AvgIpc) is 2.60. The van der Waals surface area contributed by atoms with E-state index in [0.29, 0.717) is 23.6 Å². The number of anilines is 1. The van der Waals surface area contributed by atoms with Crippen LogP contribution < -0.4 is 10.1 Å². The first-order valence-electron chi connectivity index (χ1n) is 7.46. The van der Waals surface area contributed by atoms with Crippen LogP contribution in [0.3, 0.4) is 0 Å². The molecule has 1 N–H and O–H groups in total. The van der Waals surface area contributed by atoms with Crippen molar-refractivity contribution in [2.75, 3.05) is 24.8 Å². The first-order chi connectivity index (χ1) is 11.6. The number of amides is 1. The van der Waals surface area contributed by atoms with Crippen molar-refractivity contribution in [1.82, 2.24) is 0 Å². The highest BCUT2D eigenvalue weighted by atomic mass is 32.2. The van der Waals surface area contributed by atoms with Crippen molar-refractivity contribution in [2.45, 2.75) is 11.8 Å². The Hall–Kier alpha value is -2.47. The molecule has 0 aliphatic rings. The van der Waals surface area contributed by atoms with Crippen LogP contribution >= 0.6 is 11.8 Å². The molecule has 0 heterocycles. The van der Waals surface area contributed by atoms with Crippen molar-refractivity contribution in [1.29, 1.82) is 0 Å². The molecule has 0 aliphatic carbocycles. The number of carbonyl (C=O) groups is 2. The van der Waals surface area contributed by atoms with E-state index in [9.17, 15) is 9.59 Å². The monoisotopic (exact) mass is 345 g/mol. The van der Waals surface area contributed by atoms with Crippen molar-refractivity contribution >= 4 is 29.3 Å². The van der Waals surface area contributed by atoms with Gasteiger partial charge < -0.3 is 14.8 Å². The van der Waals surface area contributed by atoms with Gasteiger partial charge in [-0.1, -0.05) is 12.1 Å². The third-order valence-electron chi connectivity index (χ3n) is 3.09. The van der Waals surface area contributed by atoms with E-state index in [2.05, 4.69) is 5.32 Å². The summed E-state index contributed by atoms with van der Waals surface area (Å²) in [7, 11) is 1.56. The quantitative estimate of drug-likeness (QED) is 0.613. The van der Waals surface area contributed by atoms with E-state index in [1.165, 1.54) is 11.8 Å². The lowest BCUT2D eigenvalue weighted by molar-refractivity contribution is -0.139. The van der Waals surface area contributed by atoms with Gasteiger partial charge >= 0.3 is 5.97 Å². The van der Waals surface area contributed by atoms with Gasteiger partial charge in [0, 0.05) is 16.1 Å². The lowest BCUT2D eigenvalue weighted by atomic mass is 10.2. The highest BCUT2D eigenvalue weighted by Gasteiger charge is 2.08. The second-order valence-corrected chi connectivity index (χ2v) is 5.86. The number of hydrogen-bond donors (Lipinski definition) is 1. The summed E-state index contributed by atoms with van der Waals surface area (Å²) in [5, 5.41) is 2.84. The molecule has 2 rings (SSSR count). The molecule has 24 heavy (non-hydrogen) atoms. The Morgan fingerprint density at radius 1 is 1.12 bits per heavy atom. The van der Waals surface area contributed by atoms with Crippen molar-refractivity contribution in [3.05, 3.63) is 54.1 Å². The minimum absolute atomic E-state index is 0.221. The van der Waals surface area contributed by atoms with Gasteiger partial charge in [-0.05, 0) is 43.3 Å². The van der Waals surface area contributed by atoms with E-state index in [1.54, 1.807) is 44.4 Å². The van der Waals surface area contributed by atoms with E-state index in [-0.39, 0.29) is 17.6 Å². The summed E-state index contributed by atoms with van der Waals surface area (Å²) in [6.45, 7) is 2.15. The van der Waals surface area contributed by atoms with Crippen LogP contribution in [0.2, 0.25) is 0 Å². The van der Waals surface area contributed by atoms with Gasteiger partial charge in [-0.15, -0.1) is 11.8 Å². The Labute approximate surface area is 145 Å². The van der Waals surface area contributed by atoms with Crippen molar-refractivity contribution in [2.24, 2.45) is 0 Å². The molecular weight excluding hydrogens is 326 g/mol. The first-order valence-corrected chi connectivity index (χ1v) is 8.45. The number of ether oxygens (including phenoxy) is 2. The summed E-state index contributed by atoms with van der Waals surface area (Å²) in [6, 6.07) is 14.3. The Balaban J connectivity index is 2.00. The van der Waals surface area contributed by atoms with Crippen LogP contribution in [-0.2, 0) is 9.53 Å². The molecule has 0 radical (unpaired) electrons. The summed E-state index contributed by atoms with van der Waals surface area (Å²) in [5.41, 5.74) is 1.18. The lowest BCUT2D eigenvalue weighted by Crippen LogP contribution is -2.12. The van der Waals surface area contributed by atoms with E-state index in [0.717, 1.165) is 4.90 Å². The smallest absolute Gasteiger partial charge is 0.316 e.